The van der Waals surface area contributed by atoms with Crippen LogP contribution in [0.1, 0.15) is 69.4 Å². The van der Waals surface area contributed by atoms with E-state index in [0.29, 0.717) is 22.0 Å². The van der Waals surface area contributed by atoms with Crippen LogP contribution in [-0.4, -0.2) is 181 Å². The summed E-state index contributed by atoms with van der Waals surface area (Å²) in [5.74, 6) is -14.6. The molecule has 0 bridgehead atoms. The van der Waals surface area contributed by atoms with E-state index in [9.17, 15) is 82.8 Å². The summed E-state index contributed by atoms with van der Waals surface area (Å²) in [6.07, 6.45) is -3.70. The van der Waals surface area contributed by atoms with Crippen LogP contribution >= 0.6 is 0 Å². The molecule has 22 N–H and O–H groups in total. The lowest BCUT2D eigenvalue weighted by Crippen LogP contribution is -2.61. The predicted octanol–water partition coefficient (Wildman–Crippen LogP) is -6.89. The molecule has 3 aromatic rings. The third kappa shape index (κ3) is 19.6. The van der Waals surface area contributed by atoms with Crippen LogP contribution < -0.4 is 65.9 Å². The van der Waals surface area contributed by atoms with Crippen LogP contribution in [0.2, 0.25) is 0 Å². The number of para-hydroxylation sites is 1. The second-order valence-electron chi connectivity index (χ2n) is 19.2. The fourth-order valence-corrected chi connectivity index (χ4v) is 8.58. The van der Waals surface area contributed by atoms with E-state index >= 15 is 0 Å². The van der Waals surface area contributed by atoms with Crippen molar-refractivity contribution >= 4 is 87.8 Å². The first kappa shape index (κ1) is 64.3. The molecule has 1 aliphatic heterocycles. The number of carboxylic acids is 1. The van der Waals surface area contributed by atoms with E-state index in [1.165, 1.54) is 24.3 Å². The molecule has 0 aliphatic carbocycles. The molecule has 0 spiro atoms. The van der Waals surface area contributed by atoms with Crippen molar-refractivity contribution in [1.29, 1.82) is 0 Å². The average molecular weight is 1140 g/mol. The number of aliphatic carboxylic acids is 1. The van der Waals surface area contributed by atoms with E-state index in [1.54, 1.807) is 30.5 Å². The van der Waals surface area contributed by atoms with Crippen molar-refractivity contribution in [2.45, 2.75) is 132 Å². The molecule has 0 radical (unpaired) electrons. The molecule has 440 valence electrons. The zero-order chi connectivity index (χ0) is 60.2. The van der Waals surface area contributed by atoms with Gasteiger partial charge in [-0.25, -0.2) is 4.79 Å². The molecular formula is C50H68N14O17. The molecule has 1 saturated heterocycles. The molecule has 2 heterocycles. The maximum absolute atomic E-state index is 14.9. The monoisotopic (exact) mass is 1140 g/mol. The number of nitrogens with one attached hydrogen (secondary N) is 8. The Morgan fingerprint density at radius 2 is 1.15 bits per heavy atom. The SMILES string of the molecule is C[C@@H](O)[C@H](NC(=O)[C@H](Cc1ccc(O)cc1)NC(=O)[C@@H]1CCCN1C(=O)[C@H](Cc1c[nH]c2ccccc12)NC(=O)[C@H](CC(N)=O)NC(=O)[C@H](CC(N)=O)NC(=O)[C@H](CO)NC(=O)[C@H](CCC(N)=O)NC(=O)[C@@H](N)CCC(N)=O)C(=O)O. The standard InChI is InChI=1S/C50H68N14O17/c1-23(66)41(50(80)81)63-46(76)31(17-24-8-10-26(67)11-9-24)60-48(78)36-7-4-16-64(36)49(79)34(18-25-21-56-29-6-3-2-5-27(25)29)61-45(75)33(20-40(55)71)58-44(74)32(19-39(54)70)59-47(77)35(22-65)62-43(73)30(13-15-38(53)69)57-42(72)28(51)12-14-37(52)68/h2-3,5-6,8-11,21,23,28,30-36,41,56,65-67H,4,7,12-20,22,51H2,1H3,(H2,52,68)(H2,53,69)(H2,54,70)(H2,55,71)(H,57,72)(H,58,74)(H,59,77)(H,60,78)(H,61,75)(H,62,73)(H,63,76)(H,80,81)/t23-,28+,30+,31+,32+,33+,34+,35+,36+,41+/m1/s1. The smallest absolute Gasteiger partial charge is 0.328 e. The summed E-state index contributed by atoms with van der Waals surface area (Å²) in [5.41, 5.74) is 28.5. The Morgan fingerprint density at radius 3 is 1.70 bits per heavy atom. The number of phenolic OH excluding ortho intramolecular Hbond substituents is 1. The van der Waals surface area contributed by atoms with E-state index in [-0.39, 0.29) is 50.8 Å². The summed E-state index contributed by atoms with van der Waals surface area (Å²) >= 11 is 0. The number of aliphatic hydroxyl groups excluding tert-OH is 2. The molecule has 31 heteroatoms. The predicted molar refractivity (Wildman–Crippen MR) is 281 cm³/mol. The van der Waals surface area contributed by atoms with Gasteiger partial charge in [0.05, 0.1) is 31.6 Å². The molecule has 0 saturated carbocycles. The lowest BCUT2D eigenvalue weighted by atomic mass is 10.0. The average Bonchev–Trinajstić information content (AvgIpc) is 4.08. The molecule has 12 amide bonds. The highest BCUT2D eigenvalue weighted by Crippen LogP contribution is 2.24. The third-order valence-corrected chi connectivity index (χ3v) is 12.9. The Morgan fingerprint density at radius 1 is 0.630 bits per heavy atom. The molecule has 4 rings (SSSR count). The van der Waals surface area contributed by atoms with Crippen LogP contribution in [0.15, 0.2) is 54.7 Å². The van der Waals surface area contributed by atoms with Gasteiger partial charge in [-0.15, -0.1) is 0 Å². The van der Waals surface area contributed by atoms with Gasteiger partial charge in [0.1, 0.15) is 48.0 Å². The second kappa shape index (κ2) is 30.2. The van der Waals surface area contributed by atoms with Crippen molar-refractivity contribution in [3.8, 4) is 5.75 Å². The van der Waals surface area contributed by atoms with Crippen molar-refractivity contribution in [2.24, 2.45) is 28.7 Å². The lowest BCUT2D eigenvalue weighted by Gasteiger charge is -2.31. The Kier molecular flexibility index (Phi) is 24.0. The number of likely N-dealkylation sites (tertiary alicyclic amines) is 1. The highest BCUT2D eigenvalue weighted by Gasteiger charge is 2.41. The number of hydrogen-bond acceptors (Lipinski definition) is 17. The molecule has 2 aromatic carbocycles. The minimum Gasteiger partial charge on any atom is -0.508 e. The van der Waals surface area contributed by atoms with Gasteiger partial charge in [0.15, 0.2) is 6.04 Å². The van der Waals surface area contributed by atoms with Crippen molar-refractivity contribution in [3.05, 3.63) is 65.9 Å². The third-order valence-electron chi connectivity index (χ3n) is 12.9. The number of amides is 12. The Balaban J connectivity index is 1.61. The van der Waals surface area contributed by atoms with Crippen LogP contribution in [0.3, 0.4) is 0 Å². The minimum atomic E-state index is -2.01. The summed E-state index contributed by atoms with van der Waals surface area (Å²) < 4.78 is 0. The summed E-state index contributed by atoms with van der Waals surface area (Å²) in [7, 11) is 0. The largest absolute Gasteiger partial charge is 0.508 e. The fraction of sp³-hybridized carbons (Fsp3) is 0.460. The van der Waals surface area contributed by atoms with Crippen LogP contribution in [0.5, 0.6) is 5.75 Å². The van der Waals surface area contributed by atoms with E-state index in [0.717, 1.165) is 11.8 Å². The first-order chi connectivity index (χ1) is 38.2. The lowest BCUT2D eigenvalue weighted by molar-refractivity contribution is -0.145. The highest BCUT2D eigenvalue weighted by molar-refractivity contribution is 6.00. The number of aliphatic hydroxyl groups is 2. The topological polar surface area (TPSA) is 536 Å². The Hall–Kier alpha value is -9.23. The van der Waals surface area contributed by atoms with Crippen molar-refractivity contribution in [2.75, 3.05) is 13.2 Å². The Labute approximate surface area is 461 Å². The van der Waals surface area contributed by atoms with Gasteiger partial charge >= 0.3 is 5.97 Å². The number of aromatic amines is 1. The molecule has 0 unspecified atom stereocenters. The van der Waals surface area contributed by atoms with Crippen LogP contribution in [0.4, 0.5) is 0 Å². The van der Waals surface area contributed by atoms with Gasteiger partial charge in [0.2, 0.25) is 70.9 Å². The number of benzene rings is 2. The number of carboxylic acid groups (broad SMARTS) is 1. The van der Waals surface area contributed by atoms with Crippen LogP contribution in [-0.2, 0) is 75.2 Å². The van der Waals surface area contributed by atoms with Crippen LogP contribution in [0, 0.1) is 0 Å². The van der Waals surface area contributed by atoms with Gasteiger partial charge in [-0.1, -0.05) is 30.3 Å². The number of primary amides is 4. The summed E-state index contributed by atoms with van der Waals surface area (Å²) in [6.45, 7) is -0.123. The molecule has 1 aromatic heterocycles. The summed E-state index contributed by atoms with van der Waals surface area (Å²) in [4.78, 5) is 175. The zero-order valence-corrected chi connectivity index (χ0v) is 43.9. The number of carbonyl (C=O) groups is 13. The van der Waals surface area contributed by atoms with E-state index in [2.05, 4.69) is 42.2 Å². The van der Waals surface area contributed by atoms with Gasteiger partial charge in [-0.3, -0.25) is 57.5 Å². The second-order valence-corrected chi connectivity index (χ2v) is 19.2. The number of aromatic nitrogens is 1. The molecule has 31 nitrogen and oxygen atoms in total. The number of phenols is 1. The minimum absolute atomic E-state index is 0.0271. The highest BCUT2D eigenvalue weighted by atomic mass is 16.4. The van der Waals surface area contributed by atoms with Gasteiger partial charge < -0.3 is 96.2 Å². The number of fused-ring (bicyclic) bond motifs is 1. The van der Waals surface area contributed by atoms with Gasteiger partial charge in [-0.2, -0.15) is 0 Å². The van der Waals surface area contributed by atoms with Gasteiger partial charge in [0.25, 0.3) is 0 Å². The molecular weight excluding hydrogens is 1070 g/mol. The number of nitrogens with zero attached hydrogens (tertiary/aromatic N) is 1. The summed E-state index contributed by atoms with van der Waals surface area (Å²) in [5, 5.41) is 56.4. The molecule has 81 heavy (non-hydrogen) atoms. The molecule has 1 aliphatic rings. The van der Waals surface area contributed by atoms with E-state index in [1.807, 2.05) is 0 Å². The number of H-pyrrole nitrogens is 1. The molecule has 1 fully saturated rings. The van der Waals surface area contributed by atoms with Crippen molar-refractivity contribution in [1.82, 2.24) is 47.1 Å². The maximum atomic E-state index is 14.9. The summed E-state index contributed by atoms with van der Waals surface area (Å²) in [6, 6.07) is -2.71. The first-order valence-electron chi connectivity index (χ1n) is 25.4. The van der Waals surface area contributed by atoms with Crippen molar-refractivity contribution < 1.29 is 82.8 Å². The first-order valence-corrected chi connectivity index (χ1v) is 25.4. The quantitative estimate of drug-likeness (QED) is 0.0276. The number of rotatable bonds is 32. The number of carbonyl (C=O) groups excluding carboxylic acids is 12. The van der Waals surface area contributed by atoms with E-state index in [4.69, 9.17) is 28.7 Å². The molecule has 10 atom stereocenters. The Bertz CT molecular complexity index is 2830. The maximum Gasteiger partial charge on any atom is 0.328 e. The van der Waals surface area contributed by atoms with Gasteiger partial charge in [0, 0.05) is 49.3 Å². The van der Waals surface area contributed by atoms with Crippen LogP contribution in [0.25, 0.3) is 10.9 Å². The van der Waals surface area contributed by atoms with Gasteiger partial charge in [-0.05, 0) is 61.9 Å². The normalized spacial score (nSPS) is 16.3. The number of nitrogens with two attached hydrogens (primary N) is 5. The number of hydrogen-bond donors (Lipinski definition) is 17. The van der Waals surface area contributed by atoms with E-state index < -0.39 is 170 Å². The van der Waals surface area contributed by atoms with Crippen molar-refractivity contribution in [3.63, 3.8) is 0 Å². The number of aromatic hydroxyl groups is 1. The fourth-order valence-electron chi connectivity index (χ4n) is 8.58. The zero-order valence-electron chi connectivity index (χ0n) is 43.9.